The van der Waals surface area contributed by atoms with E-state index in [-0.39, 0.29) is 5.91 Å². The first kappa shape index (κ1) is 23.4. The van der Waals surface area contributed by atoms with Crippen LogP contribution in [0.25, 0.3) is 11.4 Å². The molecule has 1 aliphatic rings. The monoisotopic (exact) mass is 504 g/mol. The number of anilines is 1. The third-order valence-corrected chi connectivity index (χ3v) is 7.16. The second-order valence-corrected chi connectivity index (χ2v) is 9.63. The quantitative estimate of drug-likeness (QED) is 0.346. The molecule has 0 radical (unpaired) electrons. The van der Waals surface area contributed by atoms with E-state index in [1.807, 2.05) is 53.4 Å². The number of carbonyl (C=O) groups excluding carboxylic acids is 1. The molecule has 0 bridgehead atoms. The van der Waals surface area contributed by atoms with Crippen molar-refractivity contribution >= 4 is 35.0 Å². The Balaban J connectivity index is 1.25. The second kappa shape index (κ2) is 10.9. The van der Waals surface area contributed by atoms with Gasteiger partial charge in [0, 0.05) is 54.8 Å². The van der Waals surface area contributed by atoms with E-state index in [0.717, 1.165) is 45.9 Å². The van der Waals surface area contributed by atoms with Gasteiger partial charge in [0.15, 0.2) is 11.0 Å². The molecule has 0 N–H and O–H groups in total. The van der Waals surface area contributed by atoms with Crippen LogP contribution in [-0.2, 0) is 11.3 Å². The lowest BCUT2D eigenvalue weighted by Gasteiger charge is -2.36. The molecule has 0 saturated carbocycles. The van der Waals surface area contributed by atoms with Gasteiger partial charge in [-0.3, -0.25) is 14.3 Å². The second-order valence-electron chi connectivity index (χ2n) is 8.25. The number of rotatable bonds is 7. The van der Waals surface area contributed by atoms with E-state index in [1.165, 1.54) is 11.8 Å². The van der Waals surface area contributed by atoms with Crippen molar-refractivity contribution in [3.63, 3.8) is 0 Å². The summed E-state index contributed by atoms with van der Waals surface area (Å²) in [6.07, 6.45) is 3.49. The highest BCUT2D eigenvalue weighted by atomic mass is 35.5. The Bertz CT molecular complexity index is 1280. The number of thioether (sulfide) groups is 1. The minimum Gasteiger partial charge on any atom is -0.368 e. The van der Waals surface area contributed by atoms with Gasteiger partial charge in [0.1, 0.15) is 0 Å². The standard InChI is InChI=1S/C26H25ClN6OS/c27-22-7-4-8-23(17-22)31-13-15-32(16-14-31)24(34)19-35-26-30-29-25(21-9-11-28-12-10-21)33(26)18-20-5-2-1-3-6-20/h1-12,17H,13-16,18-19H2. The summed E-state index contributed by atoms with van der Waals surface area (Å²) in [4.78, 5) is 21.3. The maximum Gasteiger partial charge on any atom is 0.233 e. The van der Waals surface area contributed by atoms with Gasteiger partial charge in [0.25, 0.3) is 0 Å². The van der Waals surface area contributed by atoms with Gasteiger partial charge in [-0.2, -0.15) is 0 Å². The van der Waals surface area contributed by atoms with Crippen LogP contribution in [0.3, 0.4) is 0 Å². The predicted molar refractivity (Wildman–Crippen MR) is 140 cm³/mol. The van der Waals surface area contributed by atoms with Crippen LogP contribution >= 0.6 is 23.4 Å². The predicted octanol–water partition coefficient (Wildman–Crippen LogP) is 4.48. The molecule has 4 aromatic rings. The fraction of sp³-hybridized carbons (Fsp3) is 0.231. The zero-order valence-electron chi connectivity index (χ0n) is 19.1. The molecule has 1 amide bonds. The Morgan fingerprint density at radius 2 is 1.69 bits per heavy atom. The molecule has 9 heteroatoms. The molecule has 178 valence electrons. The number of piperazine rings is 1. The third kappa shape index (κ3) is 5.66. The number of pyridine rings is 1. The van der Waals surface area contributed by atoms with Gasteiger partial charge in [0.05, 0.1) is 12.3 Å². The van der Waals surface area contributed by atoms with Crippen LogP contribution in [-0.4, -0.2) is 62.5 Å². The number of halogens is 1. The van der Waals surface area contributed by atoms with Crippen molar-refractivity contribution in [2.75, 3.05) is 36.8 Å². The van der Waals surface area contributed by atoms with Gasteiger partial charge >= 0.3 is 0 Å². The number of amides is 1. The van der Waals surface area contributed by atoms with Crippen molar-refractivity contribution in [3.05, 3.63) is 89.7 Å². The van der Waals surface area contributed by atoms with E-state index in [4.69, 9.17) is 11.6 Å². The van der Waals surface area contributed by atoms with Crippen LogP contribution < -0.4 is 4.90 Å². The van der Waals surface area contributed by atoms with E-state index >= 15 is 0 Å². The highest BCUT2D eigenvalue weighted by molar-refractivity contribution is 7.99. The highest BCUT2D eigenvalue weighted by Gasteiger charge is 2.23. The average molecular weight is 505 g/mol. The number of aromatic nitrogens is 4. The van der Waals surface area contributed by atoms with Gasteiger partial charge < -0.3 is 9.80 Å². The first-order chi connectivity index (χ1) is 17.2. The molecular formula is C26H25ClN6OS. The van der Waals surface area contributed by atoms with Crippen LogP contribution in [0.15, 0.2) is 84.3 Å². The Labute approximate surface area is 213 Å². The Morgan fingerprint density at radius 1 is 0.914 bits per heavy atom. The van der Waals surface area contributed by atoms with Crippen LogP contribution in [0.1, 0.15) is 5.56 Å². The fourth-order valence-electron chi connectivity index (χ4n) is 4.12. The first-order valence-corrected chi connectivity index (χ1v) is 12.8. The van der Waals surface area contributed by atoms with Crippen LogP contribution in [0.4, 0.5) is 5.69 Å². The minimum atomic E-state index is 0.112. The van der Waals surface area contributed by atoms with Crippen molar-refractivity contribution in [1.29, 1.82) is 0 Å². The molecule has 1 aliphatic heterocycles. The molecule has 0 spiro atoms. The SMILES string of the molecule is O=C(CSc1nnc(-c2ccncc2)n1Cc1ccccc1)N1CCN(c2cccc(Cl)c2)CC1. The smallest absolute Gasteiger partial charge is 0.233 e. The Morgan fingerprint density at radius 3 is 2.43 bits per heavy atom. The van der Waals surface area contributed by atoms with Crippen LogP contribution in [0.5, 0.6) is 0 Å². The number of carbonyl (C=O) groups is 1. The zero-order valence-corrected chi connectivity index (χ0v) is 20.7. The molecule has 0 unspecified atom stereocenters. The average Bonchev–Trinajstić information content (AvgIpc) is 3.30. The summed E-state index contributed by atoms with van der Waals surface area (Å²) in [5, 5.41) is 10.3. The Kier molecular flexibility index (Phi) is 7.30. The molecule has 0 atom stereocenters. The van der Waals surface area contributed by atoms with E-state index in [2.05, 4.69) is 42.8 Å². The molecule has 3 heterocycles. The maximum atomic E-state index is 13.0. The van der Waals surface area contributed by atoms with E-state index < -0.39 is 0 Å². The third-order valence-electron chi connectivity index (χ3n) is 5.97. The normalized spacial score (nSPS) is 13.7. The largest absolute Gasteiger partial charge is 0.368 e. The molecular weight excluding hydrogens is 480 g/mol. The lowest BCUT2D eigenvalue weighted by atomic mass is 10.2. The molecule has 5 rings (SSSR count). The summed E-state index contributed by atoms with van der Waals surface area (Å²) in [5.74, 6) is 1.20. The number of benzene rings is 2. The van der Waals surface area contributed by atoms with Crippen molar-refractivity contribution in [1.82, 2.24) is 24.6 Å². The van der Waals surface area contributed by atoms with Crippen molar-refractivity contribution in [2.45, 2.75) is 11.7 Å². The van der Waals surface area contributed by atoms with E-state index in [9.17, 15) is 4.79 Å². The number of hydrogen-bond donors (Lipinski definition) is 0. The summed E-state index contributed by atoms with van der Waals surface area (Å²) in [7, 11) is 0. The van der Waals surface area contributed by atoms with Crippen molar-refractivity contribution in [3.8, 4) is 11.4 Å². The number of hydrogen-bond acceptors (Lipinski definition) is 6. The summed E-state index contributed by atoms with van der Waals surface area (Å²) < 4.78 is 2.07. The van der Waals surface area contributed by atoms with Gasteiger partial charge in [-0.1, -0.05) is 59.8 Å². The summed E-state index contributed by atoms with van der Waals surface area (Å²) in [5.41, 5.74) is 3.18. The van der Waals surface area contributed by atoms with Crippen molar-refractivity contribution in [2.24, 2.45) is 0 Å². The number of nitrogens with zero attached hydrogens (tertiary/aromatic N) is 6. The zero-order chi connectivity index (χ0) is 24.0. The fourth-order valence-corrected chi connectivity index (χ4v) is 5.15. The van der Waals surface area contributed by atoms with Crippen LogP contribution in [0.2, 0.25) is 5.02 Å². The molecule has 2 aromatic heterocycles. The molecule has 1 fully saturated rings. The van der Waals surface area contributed by atoms with E-state index in [0.29, 0.717) is 25.4 Å². The van der Waals surface area contributed by atoms with Gasteiger partial charge in [-0.05, 0) is 35.9 Å². The molecule has 2 aromatic carbocycles. The Hall–Kier alpha value is -3.36. The molecule has 1 saturated heterocycles. The molecule has 0 aliphatic carbocycles. The van der Waals surface area contributed by atoms with E-state index in [1.54, 1.807) is 12.4 Å². The summed E-state index contributed by atoms with van der Waals surface area (Å²) in [6, 6.07) is 21.9. The summed E-state index contributed by atoms with van der Waals surface area (Å²) in [6.45, 7) is 3.57. The lowest BCUT2D eigenvalue weighted by Crippen LogP contribution is -2.49. The maximum absolute atomic E-state index is 13.0. The topological polar surface area (TPSA) is 67.2 Å². The lowest BCUT2D eigenvalue weighted by molar-refractivity contribution is -0.128. The first-order valence-electron chi connectivity index (χ1n) is 11.5. The minimum absolute atomic E-state index is 0.112. The van der Waals surface area contributed by atoms with Gasteiger partial charge in [-0.25, -0.2) is 0 Å². The molecule has 7 nitrogen and oxygen atoms in total. The van der Waals surface area contributed by atoms with Gasteiger partial charge in [0.2, 0.25) is 5.91 Å². The van der Waals surface area contributed by atoms with Crippen LogP contribution in [0, 0.1) is 0 Å². The van der Waals surface area contributed by atoms with Crippen molar-refractivity contribution < 1.29 is 4.79 Å². The summed E-state index contributed by atoms with van der Waals surface area (Å²) >= 11 is 7.57. The molecule has 35 heavy (non-hydrogen) atoms. The highest BCUT2D eigenvalue weighted by Crippen LogP contribution is 2.26. The van der Waals surface area contributed by atoms with Gasteiger partial charge in [-0.15, -0.1) is 10.2 Å².